The van der Waals surface area contributed by atoms with E-state index in [2.05, 4.69) is 24.6 Å². The van der Waals surface area contributed by atoms with Gasteiger partial charge < -0.3 is 9.47 Å². The first kappa shape index (κ1) is 25.5. The second-order valence-electron chi connectivity index (χ2n) is 9.82. The molecule has 0 aliphatic carbocycles. The van der Waals surface area contributed by atoms with Crippen LogP contribution in [0.15, 0.2) is 34.7 Å². The molecule has 0 N–H and O–H groups in total. The summed E-state index contributed by atoms with van der Waals surface area (Å²) >= 11 is 1.20. The molecule has 9 heteroatoms. The maximum Gasteiger partial charge on any atom is 0.418 e. The van der Waals surface area contributed by atoms with Crippen LogP contribution in [-0.2, 0) is 15.0 Å². The highest BCUT2D eigenvalue weighted by Gasteiger charge is 2.34. The van der Waals surface area contributed by atoms with Gasteiger partial charge in [-0.1, -0.05) is 43.5 Å². The summed E-state index contributed by atoms with van der Waals surface area (Å²) in [5.74, 6) is -1.90. The molecule has 0 unspecified atom stereocenters. The van der Waals surface area contributed by atoms with Crippen LogP contribution < -0.4 is 0 Å². The predicted molar refractivity (Wildman–Crippen MR) is 125 cm³/mol. The number of amidine groups is 1. The van der Waals surface area contributed by atoms with E-state index in [0.29, 0.717) is 11.8 Å². The maximum atomic E-state index is 14.5. The van der Waals surface area contributed by atoms with Crippen molar-refractivity contribution in [2.24, 2.45) is 4.99 Å². The molecule has 1 atom stereocenters. The minimum Gasteiger partial charge on any atom is -0.443 e. The molecule has 1 amide bonds. The Morgan fingerprint density at radius 2 is 1.94 bits per heavy atom. The number of halogens is 2. The van der Waals surface area contributed by atoms with E-state index in [1.165, 1.54) is 28.8 Å². The number of benzene rings is 1. The van der Waals surface area contributed by atoms with Crippen LogP contribution in [0.25, 0.3) is 0 Å². The summed E-state index contributed by atoms with van der Waals surface area (Å²) in [4.78, 5) is 18.8. The third-order valence-corrected chi connectivity index (χ3v) is 6.95. The Morgan fingerprint density at radius 1 is 1.26 bits per heavy atom. The van der Waals surface area contributed by atoms with Crippen molar-refractivity contribution in [2.75, 3.05) is 13.3 Å². The second kappa shape index (κ2) is 9.83. The third kappa shape index (κ3) is 7.43. The summed E-state index contributed by atoms with van der Waals surface area (Å²) < 4.78 is 39.6. The molecule has 0 saturated heterocycles. The quantitative estimate of drug-likeness (QED) is 0.276. The molecule has 5 nitrogen and oxygen atoms in total. The Hall–Kier alpha value is -1.71. The van der Waals surface area contributed by atoms with E-state index in [4.69, 9.17) is 9.47 Å². The fourth-order valence-electron chi connectivity index (χ4n) is 2.70. The van der Waals surface area contributed by atoms with Crippen molar-refractivity contribution in [1.29, 1.82) is 0 Å². The van der Waals surface area contributed by atoms with Gasteiger partial charge in [0.25, 0.3) is 0 Å². The standard InChI is InChI=1S/C22H32F2N2O3SSi/c1-21(2,3)29-20(27)26(15-28-12-14-31(5,6)7)19-25-22(4,11-13-30-19)16-9-8-10-17(23)18(16)24/h8-11,13H,12,14-15H2,1-7H3/t22-/m0/s1. The number of nitrogens with zero attached hydrogens (tertiary/aromatic N) is 2. The van der Waals surface area contributed by atoms with E-state index >= 15 is 0 Å². The number of hydrogen-bond acceptors (Lipinski definition) is 5. The number of amides is 1. The van der Waals surface area contributed by atoms with Gasteiger partial charge in [0.05, 0.1) is 0 Å². The van der Waals surface area contributed by atoms with Gasteiger partial charge in [0.2, 0.25) is 0 Å². The van der Waals surface area contributed by atoms with Crippen molar-refractivity contribution in [1.82, 2.24) is 4.90 Å². The van der Waals surface area contributed by atoms with E-state index in [1.807, 2.05) is 0 Å². The largest absolute Gasteiger partial charge is 0.443 e. The van der Waals surface area contributed by atoms with E-state index < -0.39 is 36.9 Å². The molecule has 1 heterocycles. The molecule has 1 aromatic carbocycles. The molecule has 172 valence electrons. The van der Waals surface area contributed by atoms with Gasteiger partial charge in [-0.15, -0.1) is 0 Å². The molecule has 0 fully saturated rings. The van der Waals surface area contributed by atoms with Gasteiger partial charge in [0, 0.05) is 20.2 Å². The molecule has 0 spiro atoms. The smallest absolute Gasteiger partial charge is 0.418 e. The minimum absolute atomic E-state index is 0.0409. The zero-order chi connectivity index (χ0) is 23.4. The van der Waals surface area contributed by atoms with Gasteiger partial charge in [-0.05, 0) is 51.3 Å². The fraction of sp³-hybridized carbons (Fsp3) is 0.545. The molecular formula is C22H32F2N2O3SSi. The lowest BCUT2D eigenvalue weighted by molar-refractivity contribution is 0.0111. The lowest BCUT2D eigenvalue weighted by Crippen LogP contribution is -2.42. The van der Waals surface area contributed by atoms with Crippen LogP contribution in [0.3, 0.4) is 0 Å². The minimum atomic E-state index is -1.30. The first-order valence-electron chi connectivity index (χ1n) is 10.2. The number of aliphatic imine (C=N–C) groups is 1. The molecule has 31 heavy (non-hydrogen) atoms. The molecule has 2 rings (SSSR count). The summed E-state index contributed by atoms with van der Waals surface area (Å²) in [5, 5.41) is 2.02. The van der Waals surface area contributed by atoms with Crippen LogP contribution in [0.1, 0.15) is 33.3 Å². The second-order valence-corrected chi connectivity index (χ2v) is 16.3. The number of rotatable bonds is 6. The number of carbonyl (C=O) groups is 1. The van der Waals surface area contributed by atoms with Crippen molar-refractivity contribution in [2.45, 2.75) is 64.5 Å². The highest BCUT2D eigenvalue weighted by Crippen LogP contribution is 2.36. The SMILES string of the molecule is CC(C)(C)OC(=O)N(COCC[Si](C)(C)C)C1=N[C@](C)(c2cccc(F)c2F)C=CS1. The molecule has 1 aliphatic heterocycles. The summed E-state index contributed by atoms with van der Waals surface area (Å²) in [6.07, 6.45) is 1.07. The Labute approximate surface area is 188 Å². The number of carbonyl (C=O) groups excluding carboxylic acids is 1. The summed E-state index contributed by atoms with van der Waals surface area (Å²) in [5.41, 5.74) is -1.79. The number of thioether (sulfide) groups is 1. The zero-order valence-corrected chi connectivity index (χ0v) is 21.1. The van der Waals surface area contributed by atoms with E-state index in [0.717, 1.165) is 12.1 Å². The van der Waals surface area contributed by atoms with Crippen LogP contribution in [0.5, 0.6) is 0 Å². The molecule has 1 aromatic rings. The van der Waals surface area contributed by atoms with Gasteiger partial charge in [0.15, 0.2) is 16.8 Å². The predicted octanol–water partition coefficient (Wildman–Crippen LogP) is 6.35. The Morgan fingerprint density at radius 3 is 2.55 bits per heavy atom. The van der Waals surface area contributed by atoms with E-state index in [9.17, 15) is 13.6 Å². The Balaban J connectivity index is 2.32. The summed E-state index contributed by atoms with van der Waals surface area (Å²) in [6, 6.07) is 4.94. The van der Waals surface area contributed by atoms with Gasteiger partial charge in [-0.2, -0.15) is 0 Å². The highest BCUT2D eigenvalue weighted by atomic mass is 32.2. The normalized spacial score (nSPS) is 19.2. The monoisotopic (exact) mass is 470 g/mol. The van der Waals surface area contributed by atoms with E-state index in [1.54, 1.807) is 39.2 Å². The first-order chi connectivity index (χ1) is 14.2. The molecule has 0 aromatic heterocycles. The van der Waals surface area contributed by atoms with Crippen LogP contribution in [0.2, 0.25) is 25.7 Å². The lowest BCUT2D eigenvalue weighted by atomic mass is 9.92. The first-order valence-corrected chi connectivity index (χ1v) is 14.8. The highest BCUT2D eigenvalue weighted by molar-refractivity contribution is 8.16. The van der Waals surface area contributed by atoms with Crippen LogP contribution in [0.4, 0.5) is 13.6 Å². The van der Waals surface area contributed by atoms with Crippen LogP contribution >= 0.6 is 11.8 Å². The third-order valence-electron chi connectivity index (χ3n) is 4.45. The molecule has 0 radical (unpaired) electrons. The lowest BCUT2D eigenvalue weighted by Gasteiger charge is -2.32. The Kier molecular flexibility index (Phi) is 8.10. The summed E-state index contributed by atoms with van der Waals surface area (Å²) in [6.45, 7) is 14.2. The summed E-state index contributed by atoms with van der Waals surface area (Å²) in [7, 11) is -1.30. The van der Waals surface area contributed by atoms with Crippen molar-refractivity contribution in [3.05, 3.63) is 46.9 Å². The van der Waals surface area contributed by atoms with Crippen molar-refractivity contribution < 1.29 is 23.0 Å². The van der Waals surface area contributed by atoms with Crippen molar-refractivity contribution in [3.8, 4) is 0 Å². The topological polar surface area (TPSA) is 51.1 Å². The number of ether oxygens (including phenoxy) is 2. The van der Waals surface area contributed by atoms with Crippen LogP contribution in [0, 0.1) is 11.6 Å². The van der Waals surface area contributed by atoms with Crippen molar-refractivity contribution in [3.63, 3.8) is 0 Å². The fourth-order valence-corrected chi connectivity index (χ4v) is 4.40. The number of hydrogen-bond donors (Lipinski definition) is 0. The van der Waals surface area contributed by atoms with Crippen LogP contribution in [-0.4, -0.2) is 43.2 Å². The molecule has 1 aliphatic rings. The van der Waals surface area contributed by atoms with Gasteiger partial charge in [-0.3, -0.25) is 0 Å². The van der Waals surface area contributed by atoms with Gasteiger partial charge >= 0.3 is 6.09 Å². The van der Waals surface area contributed by atoms with Gasteiger partial charge in [0.1, 0.15) is 17.9 Å². The zero-order valence-electron chi connectivity index (χ0n) is 19.3. The van der Waals surface area contributed by atoms with Crippen molar-refractivity contribution >= 4 is 31.1 Å². The van der Waals surface area contributed by atoms with Gasteiger partial charge in [-0.25, -0.2) is 23.5 Å². The maximum absolute atomic E-state index is 14.5. The molecule has 0 saturated carbocycles. The average molecular weight is 471 g/mol. The average Bonchev–Trinajstić information content (AvgIpc) is 2.61. The molecule has 0 bridgehead atoms. The molecular weight excluding hydrogens is 438 g/mol. The Bertz CT molecular complexity index is 865. The van der Waals surface area contributed by atoms with E-state index in [-0.39, 0.29) is 12.3 Å².